The highest BCUT2D eigenvalue weighted by atomic mass is 32.1. The van der Waals surface area contributed by atoms with Crippen molar-refractivity contribution in [3.63, 3.8) is 0 Å². The summed E-state index contributed by atoms with van der Waals surface area (Å²) in [7, 11) is 0. The Hall–Kier alpha value is -0.340. The molecule has 1 heterocycles. The van der Waals surface area contributed by atoms with Gasteiger partial charge in [-0.15, -0.1) is 11.3 Å². The summed E-state index contributed by atoms with van der Waals surface area (Å²) in [6, 6.07) is 2.25. The molecular formula is C11H19NS. The molecule has 0 amide bonds. The third-order valence-electron chi connectivity index (χ3n) is 2.28. The van der Waals surface area contributed by atoms with Crippen molar-refractivity contribution in [2.45, 2.75) is 27.2 Å². The Morgan fingerprint density at radius 2 is 2.31 bits per heavy atom. The normalized spacial score (nSPS) is 13.2. The van der Waals surface area contributed by atoms with Crippen LogP contribution in [-0.2, 0) is 6.42 Å². The number of aryl methyl sites for hydroxylation is 1. The second-order valence-electron chi connectivity index (χ2n) is 3.62. The molecule has 2 heteroatoms. The fourth-order valence-corrected chi connectivity index (χ4v) is 2.20. The minimum atomic E-state index is 0.744. The molecule has 0 radical (unpaired) electrons. The van der Waals surface area contributed by atoms with Crippen molar-refractivity contribution in [2.75, 3.05) is 13.1 Å². The van der Waals surface area contributed by atoms with Crippen molar-refractivity contribution < 1.29 is 0 Å². The molecule has 1 nitrogen and oxygen atoms in total. The van der Waals surface area contributed by atoms with Gasteiger partial charge in [0.05, 0.1) is 0 Å². The van der Waals surface area contributed by atoms with E-state index in [9.17, 15) is 0 Å². The molecule has 1 aromatic rings. The summed E-state index contributed by atoms with van der Waals surface area (Å²) < 4.78 is 0. The standard InChI is InChI=1S/C11H19NS/c1-4-12-8-9(2)7-11-5-6-13-10(11)3/h5-6,9,12H,4,7-8H2,1-3H3. The van der Waals surface area contributed by atoms with Gasteiger partial charge in [-0.2, -0.15) is 0 Å². The summed E-state index contributed by atoms with van der Waals surface area (Å²) in [5.41, 5.74) is 1.52. The Kier molecular flexibility index (Phi) is 4.46. The van der Waals surface area contributed by atoms with Gasteiger partial charge >= 0.3 is 0 Å². The van der Waals surface area contributed by atoms with Crippen LogP contribution in [0, 0.1) is 12.8 Å². The number of hydrogen-bond donors (Lipinski definition) is 1. The van der Waals surface area contributed by atoms with Gasteiger partial charge in [-0.1, -0.05) is 13.8 Å². The van der Waals surface area contributed by atoms with Gasteiger partial charge in [-0.05, 0) is 49.4 Å². The summed E-state index contributed by atoms with van der Waals surface area (Å²) in [5.74, 6) is 0.744. The molecule has 1 N–H and O–H groups in total. The monoisotopic (exact) mass is 197 g/mol. The molecule has 0 fully saturated rings. The van der Waals surface area contributed by atoms with E-state index in [1.54, 1.807) is 0 Å². The fraction of sp³-hybridized carbons (Fsp3) is 0.636. The number of nitrogens with one attached hydrogen (secondary N) is 1. The van der Waals surface area contributed by atoms with Crippen LogP contribution in [0.1, 0.15) is 24.3 Å². The summed E-state index contributed by atoms with van der Waals surface area (Å²) in [6.45, 7) is 8.88. The van der Waals surface area contributed by atoms with Gasteiger partial charge in [-0.3, -0.25) is 0 Å². The van der Waals surface area contributed by atoms with E-state index < -0.39 is 0 Å². The average Bonchev–Trinajstić information content (AvgIpc) is 2.48. The van der Waals surface area contributed by atoms with Crippen molar-refractivity contribution in [1.82, 2.24) is 5.32 Å². The summed E-state index contributed by atoms with van der Waals surface area (Å²) in [5, 5.41) is 5.57. The van der Waals surface area contributed by atoms with E-state index in [-0.39, 0.29) is 0 Å². The highest BCUT2D eigenvalue weighted by Crippen LogP contribution is 2.18. The van der Waals surface area contributed by atoms with Crippen LogP contribution in [0.2, 0.25) is 0 Å². The molecule has 1 unspecified atom stereocenters. The maximum absolute atomic E-state index is 3.38. The Bertz CT molecular complexity index is 242. The van der Waals surface area contributed by atoms with E-state index >= 15 is 0 Å². The van der Waals surface area contributed by atoms with E-state index in [0.29, 0.717) is 0 Å². The lowest BCUT2D eigenvalue weighted by Gasteiger charge is -2.11. The van der Waals surface area contributed by atoms with Gasteiger partial charge in [-0.25, -0.2) is 0 Å². The molecule has 74 valence electrons. The first-order valence-corrected chi connectivity index (χ1v) is 5.85. The quantitative estimate of drug-likeness (QED) is 0.765. The number of thiophene rings is 1. The van der Waals surface area contributed by atoms with Gasteiger partial charge in [0, 0.05) is 4.88 Å². The zero-order valence-electron chi connectivity index (χ0n) is 8.76. The fourth-order valence-electron chi connectivity index (χ4n) is 1.46. The molecule has 0 bridgehead atoms. The Morgan fingerprint density at radius 1 is 1.54 bits per heavy atom. The lowest BCUT2D eigenvalue weighted by Crippen LogP contribution is -2.21. The molecule has 1 atom stereocenters. The van der Waals surface area contributed by atoms with Gasteiger partial charge < -0.3 is 5.32 Å². The van der Waals surface area contributed by atoms with Crippen molar-refractivity contribution in [3.05, 3.63) is 21.9 Å². The molecule has 1 rings (SSSR count). The zero-order chi connectivity index (χ0) is 9.68. The van der Waals surface area contributed by atoms with Crippen molar-refractivity contribution in [3.8, 4) is 0 Å². The molecule has 13 heavy (non-hydrogen) atoms. The second-order valence-corrected chi connectivity index (χ2v) is 4.74. The minimum absolute atomic E-state index is 0.744. The van der Waals surface area contributed by atoms with E-state index in [2.05, 4.69) is 37.5 Å². The van der Waals surface area contributed by atoms with Crippen LogP contribution in [0.25, 0.3) is 0 Å². The average molecular weight is 197 g/mol. The predicted octanol–water partition coefficient (Wildman–Crippen LogP) is 2.84. The maximum Gasteiger partial charge on any atom is 0.00463 e. The van der Waals surface area contributed by atoms with E-state index in [1.165, 1.54) is 16.9 Å². The molecule has 0 saturated heterocycles. The van der Waals surface area contributed by atoms with Gasteiger partial charge in [0.15, 0.2) is 0 Å². The van der Waals surface area contributed by atoms with Crippen LogP contribution in [-0.4, -0.2) is 13.1 Å². The molecule has 0 spiro atoms. The predicted molar refractivity (Wildman–Crippen MR) is 60.5 cm³/mol. The third-order valence-corrected chi connectivity index (χ3v) is 3.17. The van der Waals surface area contributed by atoms with Crippen LogP contribution >= 0.6 is 11.3 Å². The topological polar surface area (TPSA) is 12.0 Å². The largest absolute Gasteiger partial charge is 0.317 e. The second kappa shape index (κ2) is 5.40. The molecule has 1 aromatic heterocycles. The highest BCUT2D eigenvalue weighted by molar-refractivity contribution is 7.10. The zero-order valence-corrected chi connectivity index (χ0v) is 9.58. The van der Waals surface area contributed by atoms with Gasteiger partial charge in [0.1, 0.15) is 0 Å². The molecule has 0 aliphatic heterocycles. The molecule has 0 aromatic carbocycles. The van der Waals surface area contributed by atoms with E-state index in [1.807, 2.05) is 11.3 Å². The van der Waals surface area contributed by atoms with Gasteiger partial charge in [0.2, 0.25) is 0 Å². The first kappa shape index (κ1) is 10.7. The lowest BCUT2D eigenvalue weighted by molar-refractivity contribution is 0.521. The summed E-state index contributed by atoms with van der Waals surface area (Å²) in [6.07, 6.45) is 1.21. The first-order chi connectivity index (χ1) is 6.24. The van der Waals surface area contributed by atoms with Crippen molar-refractivity contribution in [2.24, 2.45) is 5.92 Å². The van der Waals surface area contributed by atoms with Gasteiger partial charge in [0.25, 0.3) is 0 Å². The maximum atomic E-state index is 3.38. The smallest absolute Gasteiger partial charge is 0.00463 e. The molecular weight excluding hydrogens is 178 g/mol. The van der Waals surface area contributed by atoms with Crippen LogP contribution in [0.3, 0.4) is 0 Å². The molecule has 0 saturated carbocycles. The van der Waals surface area contributed by atoms with Crippen LogP contribution in [0.4, 0.5) is 0 Å². The Labute approximate surface area is 85.2 Å². The Balaban J connectivity index is 2.36. The van der Waals surface area contributed by atoms with Crippen LogP contribution < -0.4 is 5.32 Å². The SMILES string of the molecule is CCNCC(C)Cc1ccsc1C. The minimum Gasteiger partial charge on any atom is -0.317 e. The van der Waals surface area contributed by atoms with E-state index in [0.717, 1.165) is 19.0 Å². The van der Waals surface area contributed by atoms with Crippen molar-refractivity contribution >= 4 is 11.3 Å². The number of hydrogen-bond acceptors (Lipinski definition) is 2. The van der Waals surface area contributed by atoms with Crippen molar-refractivity contribution in [1.29, 1.82) is 0 Å². The summed E-state index contributed by atoms with van der Waals surface area (Å²) >= 11 is 1.85. The molecule has 0 aliphatic rings. The van der Waals surface area contributed by atoms with E-state index in [4.69, 9.17) is 0 Å². The first-order valence-electron chi connectivity index (χ1n) is 4.97. The van der Waals surface area contributed by atoms with Crippen LogP contribution in [0.15, 0.2) is 11.4 Å². The highest BCUT2D eigenvalue weighted by Gasteiger charge is 2.05. The molecule has 0 aliphatic carbocycles. The Morgan fingerprint density at radius 3 is 2.85 bits per heavy atom. The van der Waals surface area contributed by atoms with Crippen LogP contribution in [0.5, 0.6) is 0 Å². The number of rotatable bonds is 5. The summed E-state index contributed by atoms with van der Waals surface area (Å²) in [4.78, 5) is 1.48. The lowest BCUT2D eigenvalue weighted by atomic mass is 10.0. The third kappa shape index (κ3) is 3.49.